The van der Waals surface area contributed by atoms with Crippen LogP contribution in [0.3, 0.4) is 0 Å². The number of morpholine rings is 1. The van der Waals surface area contributed by atoms with E-state index in [0.717, 1.165) is 73.8 Å². The first kappa shape index (κ1) is 26.2. The summed E-state index contributed by atoms with van der Waals surface area (Å²) in [6.45, 7) is 5.73. The predicted molar refractivity (Wildman–Crippen MR) is 152 cm³/mol. The molecular weight excluding hydrogens is 550 g/mol. The smallest absolute Gasteiger partial charge is 0.254 e. The summed E-state index contributed by atoms with van der Waals surface area (Å²) in [5.74, 6) is 0.675. The molecule has 2 saturated heterocycles. The summed E-state index contributed by atoms with van der Waals surface area (Å²) in [5.41, 5.74) is 8.35. The first-order valence-corrected chi connectivity index (χ1v) is 13.5. The molecule has 0 atom stereocenters. The van der Waals surface area contributed by atoms with E-state index in [9.17, 15) is 4.79 Å². The largest absolute Gasteiger partial charge is 0.494 e. The minimum Gasteiger partial charge on any atom is -0.494 e. The lowest BCUT2D eigenvalue weighted by Gasteiger charge is -2.40. The Hall–Kier alpha value is -3.41. The van der Waals surface area contributed by atoms with Crippen molar-refractivity contribution in [1.82, 2.24) is 14.9 Å². The van der Waals surface area contributed by atoms with Crippen LogP contribution < -0.4 is 26.0 Å². The molecule has 11 heteroatoms. The highest BCUT2D eigenvalue weighted by Gasteiger charge is 2.26. The van der Waals surface area contributed by atoms with Crippen LogP contribution in [0.1, 0.15) is 23.2 Å². The molecule has 1 aromatic heterocycles. The van der Waals surface area contributed by atoms with Crippen LogP contribution in [0.25, 0.3) is 0 Å². The Balaban J connectivity index is 1.30. The monoisotopic (exact) mass is 581 g/mol. The number of benzene rings is 2. The van der Waals surface area contributed by atoms with Crippen molar-refractivity contribution in [2.45, 2.75) is 18.9 Å². The third-order valence-corrected chi connectivity index (χ3v) is 7.70. The van der Waals surface area contributed by atoms with Crippen molar-refractivity contribution in [3.05, 3.63) is 58.7 Å². The summed E-state index contributed by atoms with van der Waals surface area (Å²) < 4.78 is 12.0. The van der Waals surface area contributed by atoms with Gasteiger partial charge in [0.15, 0.2) is 0 Å². The van der Waals surface area contributed by atoms with Gasteiger partial charge >= 0.3 is 0 Å². The molecule has 4 N–H and O–H groups in total. The number of aromatic nitrogens is 2. The number of nitrogens with zero attached hydrogens (tertiary/aromatic N) is 4. The van der Waals surface area contributed by atoms with Gasteiger partial charge in [0, 0.05) is 54.6 Å². The van der Waals surface area contributed by atoms with Crippen LogP contribution in [-0.2, 0) is 4.74 Å². The highest BCUT2D eigenvalue weighted by molar-refractivity contribution is 9.10. The van der Waals surface area contributed by atoms with E-state index in [1.165, 1.54) is 6.20 Å². The predicted octanol–water partition coefficient (Wildman–Crippen LogP) is 4.13. The van der Waals surface area contributed by atoms with Gasteiger partial charge in [-0.2, -0.15) is 4.98 Å². The summed E-state index contributed by atoms with van der Waals surface area (Å²) in [6, 6.07) is 14.3. The van der Waals surface area contributed by atoms with Crippen LogP contribution in [0.5, 0.6) is 5.75 Å². The summed E-state index contributed by atoms with van der Waals surface area (Å²) in [5, 5.41) is 6.39. The standard InChI is InChI=1S/C27H32BrN7O3/c1-37-24-16-19(34-10-8-18(9-11-34)35-12-14-38-15-13-35)6-7-23(24)32-27-30-17-20(25(29)36)26(33-27)31-22-5-3-2-4-21(22)28/h2-7,16-18H,8-15H2,1H3,(H2,29,36)(H2,30,31,32,33). The molecule has 0 unspecified atom stereocenters. The average Bonchev–Trinajstić information content (AvgIpc) is 2.95. The van der Waals surface area contributed by atoms with E-state index in [4.69, 9.17) is 15.2 Å². The Kier molecular flexibility index (Phi) is 8.26. The van der Waals surface area contributed by atoms with E-state index in [0.29, 0.717) is 23.6 Å². The van der Waals surface area contributed by atoms with E-state index in [1.54, 1.807) is 7.11 Å². The number of piperidine rings is 1. The van der Waals surface area contributed by atoms with E-state index in [2.05, 4.69) is 52.4 Å². The topological polar surface area (TPSA) is 118 Å². The Bertz CT molecular complexity index is 1280. The average molecular weight is 583 g/mol. The number of anilines is 5. The van der Waals surface area contributed by atoms with Crippen LogP contribution in [0.15, 0.2) is 53.1 Å². The number of hydrogen-bond donors (Lipinski definition) is 3. The summed E-state index contributed by atoms with van der Waals surface area (Å²) in [6.07, 6.45) is 3.68. The number of carbonyl (C=O) groups is 1. The van der Waals surface area contributed by atoms with Gasteiger partial charge < -0.3 is 30.7 Å². The quantitative estimate of drug-likeness (QED) is 0.360. The third-order valence-electron chi connectivity index (χ3n) is 7.00. The second-order valence-electron chi connectivity index (χ2n) is 9.30. The fourth-order valence-electron chi connectivity index (χ4n) is 4.94. The molecule has 3 aromatic rings. The molecule has 0 radical (unpaired) electrons. The van der Waals surface area contributed by atoms with Gasteiger partial charge in [-0.1, -0.05) is 12.1 Å². The second kappa shape index (κ2) is 12.0. The van der Waals surface area contributed by atoms with Crippen molar-refractivity contribution in [2.75, 3.05) is 62.0 Å². The number of nitrogens with two attached hydrogens (primary N) is 1. The molecule has 5 rings (SSSR count). The lowest BCUT2D eigenvalue weighted by molar-refractivity contribution is 0.0115. The molecule has 2 aromatic carbocycles. The Morgan fingerprint density at radius 1 is 1.08 bits per heavy atom. The molecule has 2 aliphatic rings. The molecule has 0 saturated carbocycles. The molecule has 2 aliphatic heterocycles. The van der Waals surface area contributed by atoms with Crippen LogP contribution in [-0.4, -0.2) is 73.3 Å². The number of primary amides is 1. The number of para-hydroxylation sites is 1. The molecule has 0 bridgehead atoms. The number of ether oxygens (including phenoxy) is 2. The van der Waals surface area contributed by atoms with Gasteiger partial charge in [-0.15, -0.1) is 0 Å². The fraction of sp³-hybridized carbons (Fsp3) is 0.370. The van der Waals surface area contributed by atoms with Crippen LogP contribution in [0.2, 0.25) is 0 Å². The molecular formula is C27H32BrN7O3. The zero-order valence-electron chi connectivity index (χ0n) is 21.3. The van der Waals surface area contributed by atoms with Gasteiger partial charge in [-0.25, -0.2) is 4.98 Å². The number of methoxy groups -OCH3 is 1. The van der Waals surface area contributed by atoms with Crippen LogP contribution in [0, 0.1) is 0 Å². The Labute approximate surface area is 230 Å². The highest BCUT2D eigenvalue weighted by Crippen LogP contribution is 2.34. The number of halogens is 1. The molecule has 2 fully saturated rings. The van der Waals surface area contributed by atoms with E-state index in [-0.39, 0.29) is 5.56 Å². The highest BCUT2D eigenvalue weighted by atomic mass is 79.9. The molecule has 1 amide bonds. The van der Waals surface area contributed by atoms with Gasteiger partial charge in [-0.05, 0) is 53.0 Å². The molecule has 10 nitrogen and oxygen atoms in total. The zero-order valence-corrected chi connectivity index (χ0v) is 22.9. The Morgan fingerprint density at radius 2 is 1.84 bits per heavy atom. The maximum Gasteiger partial charge on any atom is 0.254 e. The van der Waals surface area contributed by atoms with E-state index >= 15 is 0 Å². The first-order valence-electron chi connectivity index (χ1n) is 12.7. The van der Waals surface area contributed by atoms with E-state index in [1.807, 2.05) is 36.4 Å². The minimum atomic E-state index is -0.620. The fourth-order valence-corrected chi connectivity index (χ4v) is 5.32. The maximum absolute atomic E-state index is 12.0. The second-order valence-corrected chi connectivity index (χ2v) is 10.2. The van der Waals surface area contributed by atoms with Crippen molar-refractivity contribution in [2.24, 2.45) is 5.73 Å². The lowest BCUT2D eigenvalue weighted by atomic mass is 10.0. The number of hydrogen-bond acceptors (Lipinski definition) is 9. The molecule has 38 heavy (non-hydrogen) atoms. The van der Waals surface area contributed by atoms with Crippen molar-refractivity contribution in [3.63, 3.8) is 0 Å². The summed E-state index contributed by atoms with van der Waals surface area (Å²) in [4.78, 5) is 25.8. The third kappa shape index (κ3) is 6.01. The van der Waals surface area contributed by atoms with Crippen molar-refractivity contribution in [1.29, 1.82) is 0 Å². The normalized spacial score (nSPS) is 16.7. The lowest BCUT2D eigenvalue weighted by Crippen LogP contribution is -2.49. The van der Waals surface area contributed by atoms with Crippen LogP contribution in [0.4, 0.5) is 28.8 Å². The number of amides is 1. The zero-order chi connectivity index (χ0) is 26.5. The molecule has 3 heterocycles. The van der Waals surface area contributed by atoms with Gasteiger partial charge in [0.25, 0.3) is 5.91 Å². The van der Waals surface area contributed by atoms with Crippen molar-refractivity contribution >= 4 is 50.7 Å². The SMILES string of the molecule is COc1cc(N2CCC(N3CCOCC3)CC2)ccc1Nc1ncc(C(N)=O)c(Nc2ccccc2Br)n1. The van der Waals surface area contributed by atoms with Gasteiger partial charge in [0.05, 0.1) is 31.7 Å². The van der Waals surface area contributed by atoms with Crippen molar-refractivity contribution < 1.29 is 14.3 Å². The molecule has 0 spiro atoms. The molecule has 0 aliphatic carbocycles. The Morgan fingerprint density at radius 3 is 2.55 bits per heavy atom. The van der Waals surface area contributed by atoms with Crippen LogP contribution >= 0.6 is 15.9 Å². The number of rotatable bonds is 8. The number of nitrogens with one attached hydrogen (secondary N) is 2. The van der Waals surface area contributed by atoms with Crippen molar-refractivity contribution in [3.8, 4) is 5.75 Å². The maximum atomic E-state index is 12.0. The van der Waals surface area contributed by atoms with Gasteiger partial charge in [0.2, 0.25) is 5.95 Å². The molecule has 200 valence electrons. The summed E-state index contributed by atoms with van der Waals surface area (Å²) >= 11 is 3.50. The summed E-state index contributed by atoms with van der Waals surface area (Å²) in [7, 11) is 1.64. The minimum absolute atomic E-state index is 0.189. The number of carbonyl (C=O) groups excluding carboxylic acids is 1. The van der Waals surface area contributed by atoms with E-state index < -0.39 is 5.91 Å². The first-order chi connectivity index (χ1) is 18.5. The van der Waals surface area contributed by atoms with Gasteiger partial charge in [-0.3, -0.25) is 9.69 Å². The van der Waals surface area contributed by atoms with Gasteiger partial charge in [0.1, 0.15) is 17.1 Å².